The van der Waals surface area contributed by atoms with E-state index in [1.165, 1.54) is 11.3 Å². The van der Waals surface area contributed by atoms with Gasteiger partial charge < -0.3 is 25.3 Å². The number of nitrogens with zero attached hydrogens (tertiary/aromatic N) is 3. The number of anilines is 2. The van der Waals surface area contributed by atoms with E-state index in [-0.39, 0.29) is 6.04 Å². The molecule has 166 valence electrons. The second-order valence-electron chi connectivity index (χ2n) is 8.34. The van der Waals surface area contributed by atoms with Gasteiger partial charge in [0, 0.05) is 51.6 Å². The summed E-state index contributed by atoms with van der Waals surface area (Å²) in [6.45, 7) is 2.36. The fourth-order valence-electron chi connectivity index (χ4n) is 3.83. The quantitative estimate of drug-likeness (QED) is 0.632. The molecule has 2 amide bonds. The first-order valence-corrected chi connectivity index (χ1v) is 10.7. The van der Waals surface area contributed by atoms with Gasteiger partial charge in [-0.3, -0.25) is 9.59 Å². The van der Waals surface area contributed by atoms with Crippen molar-refractivity contribution in [1.82, 2.24) is 15.5 Å². The predicted molar refractivity (Wildman–Crippen MR) is 126 cm³/mol. The van der Waals surface area contributed by atoms with Crippen molar-refractivity contribution >= 4 is 23.2 Å². The van der Waals surface area contributed by atoms with Crippen molar-refractivity contribution in [3.05, 3.63) is 59.7 Å². The number of rotatable bonds is 8. The van der Waals surface area contributed by atoms with Crippen molar-refractivity contribution in [3.8, 4) is 0 Å². The highest BCUT2D eigenvalue weighted by molar-refractivity contribution is 6.35. The minimum Gasteiger partial charge on any atom is -0.378 e. The van der Waals surface area contributed by atoms with Crippen LogP contribution in [0.4, 0.5) is 11.4 Å². The number of para-hydroxylation sites is 1. The number of amides is 2. The van der Waals surface area contributed by atoms with Gasteiger partial charge in [0.25, 0.3) is 0 Å². The van der Waals surface area contributed by atoms with Gasteiger partial charge in [0.2, 0.25) is 0 Å². The molecule has 1 aliphatic rings. The summed E-state index contributed by atoms with van der Waals surface area (Å²) in [7, 11) is 7.87. The molecule has 1 atom stereocenters. The third-order valence-electron chi connectivity index (χ3n) is 5.60. The van der Waals surface area contributed by atoms with Crippen LogP contribution in [0, 0.1) is 0 Å². The smallest absolute Gasteiger partial charge is 0.309 e. The lowest BCUT2D eigenvalue weighted by Crippen LogP contribution is -2.45. The predicted octanol–water partition coefficient (Wildman–Crippen LogP) is 1.65. The van der Waals surface area contributed by atoms with Crippen molar-refractivity contribution in [3.63, 3.8) is 0 Å². The summed E-state index contributed by atoms with van der Waals surface area (Å²) in [6, 6.07) is 16.7. The van der Waals surface area contributed by atoms with Crippen molar-refractivity contribution in [2.45, 2.75) is 12.5 Å². The van der Waals surface area contributed by atoms with E-state index in [1.54, 1.807) is 0 Å². The van der Waals surface area contributed by atoms with Gasteiger partial charge in [-0.15, -0.1) is 0 Å². The molecule has 0 fully saturated rings. The van der Waals surface area contributed by atoms with Gasteiger partial charge in [0.05, 0.1) is 6.04 Å². The maximum absolute atomic E-state index is 12.4. The molecule has 0 saturated heterocycles. The van der Waals surface area contributed by atoms with E-state index in [4.69, 9.17) is 0 Å². The lowest BCUT2D eigenvalue weighted by Gasteiger charge is -2.31. The highest BCUT2D eigenvalue weighted by Gasteiger charge is 2.28. The van der Waals surface area contributed by atoms with Crippen molar-refractivity contribution in [1.29, 1.82) is 0 Å². The van der Waals surface area contributed by atoms with Crippen LogP contribution >= 0.6 is 0 Å². The fourth-order valence-corrected chi connectivity index (χ4v) is 3.83. The number of hydrogen-bond acceptors (Lipinski definition) is 5. The number of carbonyl (C=O) groups excluding carboxylic acids is 2. The number of hydrogen-bond donors (Lipinski definition) is 2. The van der Waals surface area contributed by atoms with Gasteiger partial charge in [-0.25, -0.2) is 0 Å². The van der Waals surface area contributed by atoms with E-state index in [2.05, 4.69) is 62.9 Å². The van der Waals surface area contributed by atoms with Crippen molar-refractivity contribution in [2.75, 3.05) is 64.2 Å². The minimum atomic E-state index is -0.596. The van der Waals surface area contributed by atoms with Crippen LogP contribution < -0.4 is 20.4 Å². The average Bonchev–Trinajstić information content (AvgIpc) is 3.18. The number of likely N-dealkylation sites (N-methyl/N-ethyl adjacent to an activating group) is 1. The molecule has 0 aromatic heterocycles. The zero-order valence-corrected chi connectivity index (χ0v) is 18.9. The lowest BCUT2D eigenvalue weighted by atomic mass is 10.0. The van der Waals surface area contributed by atoms with Crippen LogP contribution in [0.3, 0.4) is 0 Å². The molecule has 3 rings (SSSR count). The average molecular weight is 424 g/mol. The zero-order chi connectivity index (χ0) is 22.4. The molecule has 0 aliphatic carbocycles. The van der Waals surface area contributed by atoms with Crippen molar-refractivity contribution < 1.29 is 9.59 Å². The van der Waals surface area contributed by atoms with Crippen LogP contribution in [0.25, 0.3) is 0 Å². The van der Waals surface area contributed by atoms with Gasteiger partial charge in [-0.1, -0.05) is 30.3 Å². The summed E-state index contributed by atoms with van der Waals surface area (Å²) < 4.78 is 0. The molecule has 0 unspecified atom stereocenters. The summed E-state index contributed by atoms with van der Waals surface area (Å²) >= 11 is 0. The number of carbonyl (C=O) groups is 2. The first kappa shape index (κ1) is 22.6. The molecule has 1 aliphatic heterocycles. The fraction of sp³-hybridized carbons (Fsp3) is 0.417. The summed E-state index contributed by atoms with van der Waals surface area (Å²) in [5, 5.41) is 5.52. The Labute approximate surface area is 185 Å². The Hall–Kier alpha value is -3.06. The Morgan fingerprint density at radius 1 is 0.968 bits per heavy atom. The summed E-state index contributed by atoms with van der Waals surface area (Å²) in [6.07, 6.45) is 0.974. The Bertz CT molecular complexity index is 895. The normalized spacial score (nSPS) is 13.6. The highest BCUT2D eigenvalue weighted by Crippen LogP contribution is 2.35. The molecule has 31 heavy (non-hydrogen) atoms. The van der Waals surface area contributed by atoms with Crippen LogP contribution in [0.2, 0.25) is 0 Å². The van der Waals surface area contributed by atoms with Gasteiger partial charge in [0.15, 0.2) is 0 Å². The molecule has 0 saturated carbocycles. The Balaban J connectivity index is 1.74. The monoisotopic (exact) mass is 423 g/mol. The molecule has 7 heteroatoms. The number of benzene rings is 2. The Morgan fingerprint density at radius 3 is 2.32 bits per heavy atom. The van der Waals surface area contributed by atoms with E-state index in [1.807, 2.05) is 39.2 Å². The minimum absolute atomic E-state index is 0.0570. The molecule has 0 bridgehead atoms. The number of nitrogens with one attached hydrogen (secondary N) is 2. The Morgan fingerprint density at radius 2 is 1.65 bits per heavy atom. The second-order valence-corrected chi connectivity index (χ2v) is 8.34. The Kier molecular flexibility index (Phi) is 7.52. The van der Waals surface area contributed by atoms with E-state index in [9.17, 15) is 9.59 Å². The van der Waals surface area contributed by atoms with E-state index < -0.39 is 11.8 Å². The second kappa shape index (κ2) is 10.3. The SMILES string of the molecule is CN(C)CCNC(=O)C(=O)NC[C@@H](c1ccc(N(C)C)cc1)N1CCc2ccccc21. The molecule has 0 radical (unpaired) electrons. The maximum atomic E-state index is 12.4. The van der Waals surface area contributed by atoms with Gasteiger partial charge in [0.1, 0.15) is 0 Å². The highest BCUT2D eigenvalue weighted by atomic mass is 16.2. The van der Waals surface area contributed by atoms with E-state index in [0.717, 1.165) is 24.2 Å². The van der Waals surface area contributed by atoms with Crippen molar-refractivity contribution in [2.24, 2.45) is 0 Å². The molecule has 0 spiro atoms. The first-order valence-electron chi connectivity index (χ1n) is 10.7. The number of fused-ring (bicyclic) bond motifs is 1. The summed E-state index contributed by atoms with van der Waals surface area (Å²) in [5.74, 6) is -1.19. The molecular weight excluding hydrogens is 390 g/mol. The molecule has 7 nitrogen and oxygen atoms in total. The van der Waals surface area contributed by atoms with Gasteiger partial charge >= 0.3 is 11.8 Å². The lowest BCUT2D eigenvalue weighted by molar-refractivity contribution is -0.139. The summed E-state index contributed by atoms with van der Waals surface area (Å²) in [5.41, 5.74) is 4.73. The largest absolute Gasteiger partial charge is 0.378 e. The molecule has 2 aromatic rings. The van der Waals surface area contributed by atoms with E-state index in [0.29, 0.717) is 19.6 Å². The van der Waals surface area contributed by atoms with Gasteiger partial charge in [-0.2, -0.15) is 0 Å². The third kappa shape index (κ3) is 5.76. The summed E-state index contributed by atoms with van der Waals surface area (Å²) in [4.78, 5) is 30.9. The molecule has 1 heterocycles. The molecule has 2 aromatic carbocycles. The van der Waals surface area contributed by atoms with Gasteiger partial charge in [-0.05, 0) is 49.8 Å². The third-order valence-corrected chi connectivity index (χ3v) is 5.60. The van der Waals surface area contributed by atoms with Crippen LogP contribution in [0.1, 0.15) is 17.2 Å². The molecular formula is C24H33N5O2. The molecule has 2 N–H and O–H groups in total. The van der Waals surface area contributed by atoms with Crippen LogP contribution in [0.15, 0.2) is 48.5 Å². The zero-order valence-electron chi connectivity index (χ0n) is 18.9. The standard InChI is InChI=1S/C24H33N5O2/c1-27(2)16-14-25-23(30)24(31)26-17-22(19-9-11-20(12-10-19)28(3)4)29-15-13-18-7-5-6-8-21(18)29/h5-12,22H,13-17H2,1-4H3,(H,25,30)(H,26,31)/t22-/m0/s1. The van der Waals surface area contributed by atoms with Crippen LogP contribution in [0.5, 0.6) is 0 Å². The maximum Gasteiger partial charge on any atom is 0.309 e. The first-order chi connectivity index (χ1) is 14.9. The van der Waals surface area contributed by atoms with Crippen LogP contribution in [-0.4, -0.2) is 71.1 Å². The topological polar surface area (TPSA) is 67.9 Å². The van der Waals surface area contributed by atoms with E-state index >= 15 is 0 Å². The van der Waals surface area contributed by atoms with Crippen LogP contribution in [-0.2, 0) is 16.0 Å².